The van der Waals surface area contributed by atoms with Crippen LogP contribution in [0.2, 0.25) is 0 Å². The molecule has 0 aromatic rings. The van der Waals surface area contributed by atoms with Crippen LogP contribution in [-0.4, -0.2) is 24.5 Å². The molecule has 0 spiro atoms. The second-order valence-electron chi connectivity index (χ2n) is 6.31. The SMILES string of the molecule is CCC1CCCCCCC1C(C)(C)N(C)C. The summed E-state index contributed by atoms with van der Waals surface area (Å²) in [5, 5.41) is 0. The van der Waals surface area contributed by atoms with Crippen LogP contribution in [0.3, 0.4) is 0 Å². The lowest BCUT2D eigenvalue weighted by Gasteiger charge is -2.45. The third-order valence-electron chi connectivity index (χ3n) is 4.99. The smallest absolute Gasteiger partial charge is 0.0177 e. The van der Waals surface area contributed by atoms with Gasteiger partial charge in [0.1, 0.15) is 0 Å². The zero-order valence-electron chi connectivity index (χ0n) is 12.1. The van der Waals surface area contributed by atoms with Gasteiger partial charge in [-0.1, -0.05) is 45.4 Å². The molecule has 1 heteroatoms. The molecule has 0 saturated heterocycles. The molecule has 0 N–H and O–H groups in total. The molecule has 1 fully saturated rings. The molecule has 0 amide bonds. The van der Waals surface area contributed by atoms with Gasteiger partial charge >= 0.3 is 0 Å². The van der Waals surface area contributed by atoms with Crippen molar-refractivity contribution in [2.24, 2.45) is 11.8 Å². The van der Waals surface area contributed by atoms with E-state index in [2.05, 4.69) is 39.8 Å². The van der Waals surface area contributed by atoms with E-state index in [0.29, 0.717) is 5.54 Å². The molecule has 0 bridgehead atoms. The normalized spacial score (nSPS) is 28.9. The first kappa shape index (κ1) is 14.0. The van der Waals surface area contributed by atoms with Crippen molar-refractivity contribution in [1.82, 2.24) is 4.90 Å². The number of hydrogen-bond acceptors (Lipinski definition) is 1. The quantitative estimate of drug-likeness (QED) is 0.691. The van der Waals surface area contributed by atoms with Crippen LogP contribution >= 0.6 is 0 Å². The summed E-state index contributed by atoms with van der Waals surface area (Å²) in [6.45, 7) is 7.24. The van der Waals surface area contributed by atoms with Crippen LogP contribution in [0.15, 0.2) is 0 Å². The van der Waals surface area contributed by atoms with Crippen molar-refractivity contribution in [1.29, 1.82) is 0 Å². The van der Waals surface area contributed by atoms with Crippen LogP contribution in [0.25, 0.3) is 0 Å². The summed E-state index contributed by atoms with van der Waals surface area (Å²) in [4.78, 5) is 2.43. The largest absolute Gasteiger partial charge is 0.304 e. The Morgan fingerprint density at radius 1 is 1.00 bits per heavy atom. The van der Waals surface area contributed by atoms with Crippen molar-refractivity contribution in [3.05, 3.63) is 0 Å². The van der Waals surface area contributed by atoms with Gasteiger partial charge < -0.3 is 4.90 Å². The van der Waals surface area contributed by atoms with Gasteiger partial charge in [-0.2, -0.15) is 0 Å². The summed E-state index contributed by atoms with van der Waals surface area (Å²) in [5.41, 5.74) is 0.359. The van der Waals surface area contributed by atoms with Gasteiger partial charge in [0.05, 0.1) is 0 Å². The van der Waals surface area contributed by atoms with Gasteiger partial charge in [-0.05, 0) is 46.2 Å². The van der Waals surface area contributed by atoms with Crippen LogP contribution in [-0.2, 0) is 0 Å². The maximum absolute atomic E-state index is 2.43. The summed E-state index contributed by atoms with van der Waals surface area (Å²) in [6.07, 6.45) is 10.1. The molecule has 2 atom stereocenters. The molecular weight excluding hydrogens is 194 g/mol. The molecule has 1 nitrogen and oxygen atoms in total. The van der Waals surface area contributed by atoms with E-state index in [9.17, 15) is 0 Å². The van der Waals surface area contributed by atoms with Gasteiger partial charge in [0.25, 0.3) is 0 Å². The van der Waals surface area contributed by atoms with Crippen LogP contribution in [0.4, 0.5) is 0 Å². The van der Waals surface area contributed by atoms with E-state index in [4.69, 9.17) is 0 Å². The second kappa shape index (κ2) is 6.05. The van der Waals surface area contributed by atoms with Crippen molar-refractivity contribution in [3.63, 3.8) is 0 Å². The van der Waals surface area contributed by atoms with Crippen LogP contribution in [0.1, 0.15) is 65.7 Å². The summed E-state index contributed by atoms with van der Waals surface area (Å²) < 4.78 is 0. The molecule has 1 rings (SSSR count). The maximum atomic E-state index is 2.43. The lowest BCUT2D eigenvalue weighted by molar-refractivity contribution is 0.0560. The molecule has 0 heterocycles. The third-order valence-corrected chi connectivity index (χ3v) is 4.99. The Morgan fingerprint density at radius 3 is 2.06 bits per heavy atom. The number of nitrogens with zero attached hydrogens (tertiary/aromatic N) is 1. The van der Waals surface area contributed by atoms with Gasteiger partial charge in [0.2, 0.25) is 0 Å². The summed E-state index contributed by atoms with van der Waals surface area (Å²) in [7, 11) is 4.48. The molecule has 96 valence electrons. The predicted octanol–water partition coefficient (Wildman–Crippen LogP) is 4.32. The van der Waals surface area contributed by atoms with Crippen molar-refractivity contribution in [3.8, 4) is 0 Å². The first-order valence-electron chi connectivity index (χ1n) is 7.17. The first-order valence-corrected chi connectivity index (χ1v) is 7.17. The van der Waals surface area contributed by atoms with E-state index >= 15 is 0 Å². The highest BCUT2D eigenvalue weighted by molar-refractivity contribution is 4.90. The highest BCUT2D eigenvalue weighted by Gasteiger charge is 2.36. The Kier molecular flexibility index (Phi) is 5.30. The molecule has 0 aliphatic heterocycles. The van der Waals surface area contributed by atoms with Crippen LogP contribution in [0, 0.1) is 11.8 Å². The average Bonchev–Trinajstić information content (AvgIpc) is 2.16. The minimum absolute atomic E-state index is 0.359. The summed E-state index contributed by atoms with van der Waals surface area (Å²) in [5.74, 6) is 1.82. The Labute approximate surface area is 103 Å². The minimum atomic E-state index is 0.359. The fraction of sp³-hybridized carbons (Fsp3) is 1.00. The summed E-state index contributed by atoms with van der Waals surface area (Å²) in [6, 6.07) is 0. The molecule has 1 aliphatic carbocycles. The Morgan fingerprint density at radius 2 is 1.56 bits per heavy atom. The van der Waals surface area contributed by atoms with E-state index in [1.54, 1.807) is 0 Å². The lowest BCUT2D eigenvalue weighted by atomic mass is 9.70. The number of rotatable bonds is 3. The predicted molar refractivity (Wildman–Crippen MR) is 72.7 cm³/mol. The third kappa shape index (κ3) is 3.23. The fourth-order valence-electron chi connectivity index (χ4n) is 3.31. The Hall–Kier alpha value is -0.0400. The fourth-order valence-corrected chi connectivity index (χ4v) is 3.31. The van der Waals surface area contributed by atoms with E-state index in [1.807, 2.05) is 0 Å². The van der Waals surface area contributed by atoms with E-state index in [-0.39, 0.29) is 0 Å². The molecule has 1 aliphatic rings. The van der Waals surface area contributed by atoms with Gasteiger partial charge in [-0.25, -0.2) is 0 Å². The zero-order valence-corrected chi connectivity index (χ0v) is 12.1. The van der Waals surface area contributed by atoms with Crippen LogP contribution < -0.4 is 0 Å². The minimum Gasteiger partial charge on any atom is -0.304 e. The standard InChI is InChI=1S/C15H31N/c1-6-13-11-9-7-8-10-12-14(13)15(2,3)16(4)5/h13-14H,6-12H2,1-5H3. The van der Waals surface area contributed by atoms with Gasteiger partial charge in [0, 0.05) is 5.54 Å². The lowest BCUT2D eigenvalue weighted by Crippen LogP contribution is -2.48. The van der Waals surface area contributed by atoms with Crippen molar-refractivity contribution >= 4 is 0 Å². The van der Waals surface area contributed by atoms with Crippen molar-refractivity contribution < 1.29 is 0 Å². The van der Waals surface area contributed by atoms with E-state index in [1.165, 1.54) is 44.9 Å². The topological polar surface area (TPSA) is 3.24 Å². The molecule has 2 unspecified atom stereocenters. The average molecular weight is 225 g/mol. The van der Waals surface area contributed by atoms with Crippen molar-refractivity contribution in [2.75, 3.05) is 14.1 Å². The molecule has 16 heavy (non-hydrogen) atoms. The molecule has 1 saturated carbocycles. The zero-order chi connectivity index (χ0) is 12.2. The van der Waals surface area contributed by atoms with Crippen molar-refractivity contribution in [2.45, 2.75) is 71.3 Å². The Bertz CT molecular complexity index is 196. The summed E-state index contributed by atoms with van der Waals surface area (Å²) >= 11 is 0. The van der Waals surface area contributed by atoms with Gasteiger partial charge in [0.15, 0.2) is 0 Å². The maximum Gasteiger partial charge on any atom is 0.0177 e. The molecule has 0 aromatic carbocycles. The van der Waals surface area contributed by atoms with Gasteiger partial charge in [-0.15, -0.1) is 0 Å². The number of hydrogen-bond donors (Lipinski definition) is 0. The molecule has 0 aromatic heterocycles. The molecular formula is C15H31N. The van der Waals surface area contributed by atoms with Crippen LogP contribution in [0.5, 0.6) is 0 Å². The van der Waals surface area contributed by atoms with E-state index in [0.717, 1.165) is 11.8 Å². The second-order valence-corrected chi connectivity index (χ2v) is 6.31. The molecule has 0 radical (unpaired) electrons. The highest BCUT2D eigenvalue weighted by atomic mass is 15.1. The highest BCUT2D eigenvalue weighted by Crippen LogP contribution is 2.39. The monoisotopic (exact) mass is 225 g/mol. The van der Waals surface area contributed by atoms with Gasteiger partial charge in [-0.3, -0.25) is 0 Å². The Balaban J connectivity index is 2.77. The van der Waals surface area contributed by atoms with E-state index < -0.39 is 0 Å². The first-order chi connectivity index (χ1) is 7.50.